The van der Waals surface area contributed by atoms with Crippen molar-refractivity contribution >= 4 is 0 Å². The Hall–Kier alpha value is -1.82. The number of aromatic nitrogens is 4. The van der Waals surface area contributed by atoms with E-state index in [-0.39, 0.29) is 0 Å². The van der Waals surface area contributed by atoms with Crippen molar-refractivity contribution in [2.75, 3.05) is 13.6 Å². The highest BCUT2D eigenvalue weighted by Gasteiger charge is 2.12. The molecule has 90 valence electrons. The maximum atomic E-state index is 5.23. The first-order valence-corrected chi connectivity index (χ1v) is 5.49. The summed E-state index contributed by atoms with van der Waals surface area (Å²) in [6.45, 7) is 4.58. The van der Waals surface area contributed by atoms with E-state index in [0.717, 1.165) is 29.9 Å². The lowest BCUT2D eigenvalue weighted by Crippen LogP contribution is -2.11. The molecule has 2 aromatic heterocycles. The molecule has 0 spiro atoms. The van der Waals surface area contributed by atoms with Crippen LogP contribution in [0.5, 0.6) is 0 Å². The fourth-order valence-electron chi connectivity index (χ4n) is 1.47. The smallest absolute Gasteiger partial charge is 0.259 e. The summed E-state index contributed by atoms with van der Waals surface area (Å²) in [5.74, 6) is 1.20. The molecule has 0 saturated heterocycles. The van der Waals surface area contributed by atoms with Gasteiger partial charge in [0.15, 0.2) is 5.82 Å². The zero-order chi connectivity index (χ0) is 12.3. The summed E-state index contributed by atoms with van der Waals surface area (Å²) in [7, 11) is 1.89. The summed E-state index contributed by atoms with van der Waals surface area (Å²) in [4.78, 5) is 4.33. The van der Waals surface area contributed by atoms with Gasteiger partial charge in [-0.25, -0.2) is 0 Å². The zero-order valence-electron chi connectivity index (χ0n) is 10.2. The van der Waals surface area contributed by atoms with Gasteiger partial charge in [-0.05, 0) is 27.0 Å². The predicted octanol–water partition coefficient (Wildman–Crippen LogP) is 0.905. The number of nitrogens with one attached hydrogen (secondary N) is 1. The van der Waals surface area contributed by atoms with Crippen LogP contribution in [0.2, 0.25) is 0 Å². The van der Waals surface area contributed by atoms with Gasteiger partial charge in [0.2, 0.25) is 0 Å². The molecule has 0 bridgehead atoms. The van der Waals surface area contributed by atoms with E-state index in [1.807, 2.05) is 27.0 Å². The average Bonchev–Trinajstić information content (AvgIpc) is 2.78. The van der Waals surface area contributed by atoms with E-state index in [0.29, 0.717) is 11.7 Å². The van der Waals surface area contributed by atoms with Crippen molar-refractivity contribution < 1.29 is 4.52 Å². The normalized spacial score (nSPS) is 10.8. The van der Waals surface area contributed by atoms with Crippen LogP contribution in [0, 0.1) is 13.8 Å². The van der Waals surface area contributed by atoms with Gasteiger partial charge in [-0.1, -0.05) is 5.16 Å². The third-order valence-corrected chi connectivity index (χ3v) is 2.40. The van der Waals surface area contributed by atoms with Crippen molar-refractivity contribution in [2.24, 2.45) is 0 Å². The Morgan fingerprint density at radius 3 is 2.88 bits per heavy atom. The van der Waals surface area contributed by atoms with Gasteiger partial charge in [-0.15, -0.1) is 0 Å². The van der Waals surface area contributed by atoms with Crippen molar-refractivity contribution in [3.63, 3.8) is 0 Å². The van der Waals surface area contributed by atoms with Gasteiger partial charge < -0.3 is 9.84 Å². The van der Waals surface area contributed by atoms with Gasteiger partial charge in [0, 0.05) is 13.0 Å². The molecule has 0 fully saturated rings. The minimum absolute atomic E-state index is 0.506. The fourth-order valence-corrected chi connectivity index (χ4v) is 1.47. The second kappa shape index (κ2) is 5.01. The monoisotopic (exact) mass is 233 g/mol. The number of aryl methyl sites for hydroxylation is 2. The molecule has 0 radical (unpaired) electrons. The maximum Gasteiger partial charge on any atom is 0.259 e. The summed E-state index contributed by atoms with van der Waals surface area (Å²) in [6.07, 6.45) is 0.747. The molecular weight excluding hydrogens is 218 g/mol. The van der Waals surface area contributed by atoms with E-state index < -0.39 is 0 Å². The summed E-state index contributed by atoms with van der Waals surface area (Å²) < 4.78 is 5.23. The first-order valence-electron chi connectivity index (χ1n) is 5.49. The van der Waals surface area contributed by atoms with E-state index in [9.17, 15) is 0 Å². The SMILES string of the molecule is CNCCc1noc(-c2cc(C)nnc2C)n1. The standard InChI is InChI=1S/C11H15N5O/c1-7-6-9(8(2)15-14-7)11-13-10(16-17-11)4-5-12-3/h6,12H,4-5H2,1-3H3. The second-order valence-electron chi connectivity index (χ2n) is 3.85. The van der Waals surface area contributed by atoms with Gasteiger partial charge in [-0.3, -0.25) is 0 Å². The summed E-state index contributed by atoms with van der Waals surface area (Å²) in [5.41, 5.74) is 2.47. The molecule has 2 aromatic rings. The molecule has 0 aromatic carbocycles. The largest absolute Gasteiger partial charge is 0.334 e. The molecule has 0 saturated carbocycles. The van der Waals surface area contributed by atoms with E-state index >= 15 is 0 Å². The molecule has 0 aliphatic heterocycles. The van der Waals surface area contributed by atoms with Gasteiger partial charge in [-0.2, -0.15) is 15.2 Å². The van der Waals surface area contributed by atoms with Crippen molar-refractivity contribution in [1.29, 1.82) is 0 Å². The van der Waals surface area contributed by atoms with Crippen molar-refractivity contribution in [3.05, 3.63) is 23.3 Å². The molecule has 1 N–H and O–H groups in total. The molecular formula is C11H15N5O. The van der Waals surface area contributed by atoms with E-state index in [1.165, 1.54) is 0 Å². The molecule has 6 heteroatoms. The quantitative estimate of drug-likeness (QED) is 0.845. The fraction of sp³-hybridized carbons (Fsp3) is 0.455. The van der Waals surface area contributed by atoms with Crippen LogP contribution in [-0.2, 0) is 6.42 Å². The third-order valence-electron chi connectivity index (χ3n) is 2.40. The van der Waals surface area contributed by atoms with Gasteiger partial charge in [0.05, 0.1) is 17.0 Å². The van der Waals surface area contributed by atoms with Crippen LogP contribution in [0.15, 0.2) is 10.6 Å². The highest BCUT2D eigenvalue weighted by atomic mass is 16.5. The van der Waals surface area contributed by atoms with Crippen LogP contribution in [0.1, 0.15) is 17.2 Å². The van der Waals surface area contributed by atoms with Gasteiger partial charge in [0.25, 0.3) is 5.89 Å². The maximum absolute atomic E-state index is 5.23. The Bertz CT molecular complexity index is 508. The average molecular weight is 233 g/mol. The molecule has 2 rings (SSSR count). The topological polar surface area (TPSA) is 76.7 Å². The highest BCUT2D eigenvalue weighted by Crippen LogP contribution is 2.20. The summed E-state index contributed by atoms with van der Waals surface area (Å²) in [6, 6.07) is 1.90. The van der Waals surface area contributed by atoms with Crippen LogP contribution in [0.25, 0.3) is 11.5 Å². The molecule has 0 atom stereocenters. The Morgan fingerprint density at radius 2 is 2.12 bits per heavy atom. The van der Waals surface area contributed by atoms with E-state index in [1.54, 1.807) is 0 Å². The Kier molecular flexibility index (Phi) is 3.43. The van der Waals surface area contributed by atoms with Crippen LogP contribution >= 0.6 is 0 Å². The predicted molar refractivity (Wildman–Crippen MR) is 62.4 cm³/mol. The number of likely N-dealkylation sites (N-methyl/N-ethyl adjacent to an activating group) is 1. The van der Waals surface area contributed by atoms with Gasteiger partial charge in [0.1, 0.15) is 0 Å². The highest BCUT2D eigenvalue weighted by molar-refractivity contribution is 5.55. The summed E-state index contributed by atoms with van der Waals surface area (Å²) in [5, 5.41) is 15.0. The molecule has 2 heterocycles. The van der Waals surface area contributed by atoms with Crippen LogP contribution in [0.4, 0.5) is 0 Å². The first kappa shape index (κ1) is 11.7. The lowest BCUT2D eigenvalue weighted by Gasteiger charge is -1.99. The molecule has 0 amide bonds. The molecule has 0 aliphatic rings. The first-order chi connectivity index (χ1) is 8.20. The minimum atomic E-state index is 0.506. The number of hydrogen-bond acceptors (Lipinski definition) is 6. The number of hydrogen-bond donors (Lipinski definition) is 1. The van der Waals surface area contributed by atoms with Crippen molar-refractivity contribution in [2.45, 2.75) is 20.3 Å². The van der Waals surface area contributed by atoms with Gasteiger partial charge >= 0.3 is 0 Å². The molecule has 0 unspecified atom stereocenters. The van der Waals surface area contributed by atoms with Crippen LogP contribution in [0.3, 0.4) is 0 Å². The van der Waals surface area contributed by atoms with Crippen LogP contribution < -0.4 is 5.32 Å². The second-order valence-corrected chi connectivity index (χ2v) is 3.85. The van der Waals surface area contributed by atoms with E-state index in [4.69, 9.17) is 4.52 Å². The third kappa shape index (κ3) is 2.65. The Labute approximate surface area is 99.5 Å². The van der Waals surface area contributed by atoms with Crippen molar-refractivity contribution in [3.8, 4) is 11.5 Å². The molecule has 17 heavy (non-hydrogen) atoms. The van der Waals surface area contributed by atoms with E-state index in [2.05, 4.69) is 25.7 Å². The number of rotatable bonds is 4. The molecule has 6 nitrogen and oxygen atoms in total. The summed E-state index contributed by atoms with van der Waals surface area (Å²) >= 11 is 0. The lowest BCUT2D eigenvalue weighted by molar-refractivity contribution is 0.421. The lowest BCUT2D eigenvalue weighted by atomic mass is 10.2. The Balaban J connectivity index is 2.27. The minimum Gasteiger partial charge on any atom is -0.334 e. The zero-order valence-corrected chi connectivity index (χ0v) is 10.2. The van der Waals surface area contributed by atoms with Crippen molar-refractivity contribution in [1.82, 2.24) is 25.7 Å². The number of nitrogens with zero attached hydrogens (tertiary/aromatic N) is 4. The van der Waals surface area contributed by atoms with Crippen LogP contribution in [-0.4, -0.2) is 33.9 Å². The Morgan fingerprint density at radius 1 is 1.29 bits per heavy atom. The molecule has 0 aliphatic carbocycles.